The van der Waals surface area contributed by atoms with Gasteiger partial charge in [-0.05, 0) is 18.4 Å². The number of rotatable bonds is 11. The van der Waals surface area contributed by atoms with Crippen LogP contribution in [-0.2, 0) is 9.59 Å². The summed E-state index contributed by atoms with van der Waals surface area (Å²) in [6, 6.07) is -3.90. The van der Waals surface area contributed by atoms with Crippen LogP contribution in [0.15, 0.2) is 4.52 Å². The van der Waals surface area contributed by atoms with Gasteiger partial charge in [0.15, 0.2) is 5.82 Å². The molecule has 8 N–H and O–H groups in total. The number of nitrogens with two attached hydrogens (primary N) is 2. The molecule has 0 spiro atoms. The second-order valence-corrected chi connectivity index (χ2v) is 6.28. The molecule has 1 aromatic rings. The Hall–Kier alpha value is -2.38. The van der Waals surface area contributed by atoms with Gasteiger partial charge in [0.2, 0.25) is 11.8 Å². The Labute approximate surface area is 153 Å². The van der Waals surface area contributed by atoms with E-state index in [2.05, 4.69) is 20.8 Å². The second-order valence-electron chi connectivity index (χ2n) is 5.29. The van der Waals surface area contributed by atoms with Crippen LogP contribution in [0.2, 0.25) is 0 Å². The quantitative estimate of drug-likeness (QED) is 0.257. The number of aliphatic carboxylic acids is 1. The molecule has 3 amide bonds. The number of hydrogen-bond donors (Lipinski definition) is 6. The predicted molar refractivity (Wildman–Crippen MR) is 91.0 cm³/mol. The van der Waals surface area contributed by atoms with E-state index in [9.17, 15) is 14.4 Å². The fourth-order valence-corrected chi connectivity index (χ4v) is 2.34. The molecule has 13 heteroatoms. The van der Waals surface area contributed by atoms with E-state index in [1.54, 1.807) is 0 Å². The summed E-state index contributed by atoms with van der Waals surface area (Å²) in [4.78, 5) is 38.4. The third-order valence-corrected chi connectivity index (χ3v) is 3.85. The molecule has 146 valence electrons. The number of nitrogens with one attached hydrogen (secondary N) is 2. The second kappa shape index (κ2) is 10.6. The maximum absolute atomic E-state index is 12.1. The van der Waals surface area contributed by atoms with Crippen LogP contribution >= 0.6 is 11.8 Å². The highest BCUT2D eigenvalue weighted by Gasteiger charge is 2.27. The van der Waals surface area contributed by atoms with Crippen molar-refractivity contribution in [2.45, 2.75) is 31.0 Å². The normalized spacial score (nSPS) is 14.3. The van der Waals surface area contributed by atoms with Crippen LogP contribution in [0.3, 0.4) is 0 Å². The van der Waals surface area contributed by atoms with Crippen LogP contribution in [0.4, 0.5) is 4.79 Å². The molecule has 0 saturated heterocycles. The third-order valence-electron chi connectivity index (χ3n) is 3.21. The van der Waals surface area contributed by atoms with E-state index in [1.165, 1.54) is 11.8 Å². The molecule has 3 atom stereocenters. The van der Waals surface area contributed by atoms with Gasteiger partial charge >= 0.3 is 12.0 Å². The van der Waals surface area contributed by atoms with E-state index in [-0.39, 0.29) is 24.6 Å². The first-order valence-corrected chi connectivity index (χ1v) is 8.94. The standard InChI is InChI=1S/C13H22N6O6S/c1-26-3-2-7(12(22)23)16-13(24)17-8(4-9(15)21)11-18-10(19-25-11)6(14)5-20/h6-8,20H,2-5,14H2,1H3,(H2,15,21)(H,22,23)(H2,16,17,24)/t6-,7+,8+/m1/s1. The van der Waals surface area contributed by atoms with Gasteiger partial charge in [-0.2, -0.15) is 16.7 Å². The average Bonchev–Trinajstić information content (AvgIpc) is 3.06. The summed E-state index contributed by atoms with van der Waals surface area (Å²) in [6.45, 7) is -0.427. The highest BCUT2D eigenvalue weighted by Crippen LogP contribution is 2.16. The largest absolute Gasteiger partial charge is 0.480 e. The lowest BCUT2D eigenvalue weighted by molar-refractivity contribution is -0.139. The molecule has 1 heterocycles. The van der Waals surface area contributed by atoms with Gasteiger partial charge < -0.3 is 36.8 Å². The minimum absolute atomic E-state index is 0.0115. The summed E-state index contributed by atoms with van der Waals surface area (Å²) >= 11 is 1.44. The maximum atomic E-state index is 12.1. The highest BCUT2D eigenvalue weighted by atomic mass is 32.2. The summed E-state index contributed by atoms with van der Waals surface area (Å²) in [7, 11) is 0. The lowest BCUT2D eigenvalue weighted by atomic mass is 10.2. The molecule has 0 unspecified atom stereocenters. The lowest BCUT2D eigenvalue weighted by Crippen LogP contribution is -2.47. The maximum Gasteiger partial charge on any atom is 0.326 e. The van der Waals surface area contributed by atoms with E-state index in [0.717, 1.165) is 0 Å². The van der Waals surface area contributed by atoms with Crippen molar-refractivity contribution in [1.29, 1.82) is 0 Å². The molecule has 1 aromatic heterocycles. The molecule has 0 aliphatic rings. The first-order chi connectivity index (χ1) is 12.3. The minimum atomic E-state index is -1.19. The Bertz CT molecular complexity index is 626. The van der Waals surface area contributed by atoms with Crippen molar-refractivity contribution in [2.75, 3.05) is 18.6 Å². The van der Waals surface area contributed by atoms with E-state index in [0.29, 0.717) is 5.75 Å². The number of urea groups is 1. The van der Waals surface area contributed by atoms with Crippen LogP contribution in [-0.4, -0.2) is 62.9 Å². The number of aromatic nitrogens is 2. The van der Waals surface area contributed by atoms with E-state index in [4.69, 9.17) is 26.2 Å². The van der Waals surface area contributed by atoms with Crippen LogP contribution in [0.5, 0.6) is 0 Å². The molecular weight excluding hydrogens is 368 g/mol. The van der Waals surface area contributed by atoms with Crippen molar-refractivity contribution in [3.8, 4) is 0 Å². The number of carboxylic acids is 1. The number of carbonyl (C=O) groups is 3. The van der Waals surface area contributed by atoms with Crippen molar-refractivity contribution in [3.05, 3.63) is 11.7 Å². The van der Waals surface area contributed by atoms with Gasteiger partial charge in [0, 0.05) is 0 Å². The number of aliphatic hydroxyl groups is 1. The monoisotopic (exact) mass is 390 g/mol. The molecule has 0 bridgehead atoms. The summed E-state index contributed by atoms with van der Waals surface area (Å²) < 4.78 is 4.95. The topological polar surface area (TPSA) is 207 Å². The van der Waals surface area contributed by atoms with Gasteiger partial charge in [-0.1, -0.05) is 5.16 Å². The van der Waals surface area contributed by atoms with Crippen molar-refractivity contribution in [1.82, 2.24) is 20.8 Å². The zero-order valence-corrected chi connectivity index (χ0v) is 14.9. The number of amides is 3. The smallest absolute Gasteiger partial charge is 0.326 e. The summed E-state index contributed by atoms with van der Waals surface area (Å²) in [5.74, 6) is -1.56. The van der Waals surface area contributed by atoms with Gasteiger partial charge in [-0.3, -0.25) is 4.79 Å². The van der Waals surface area contributed by atoms with Crippen LogP contribution < -0.4 is 22.1 Å². The van der Waals surface area contributed by atoms with E-state index in [1.807, 2.05) is 6.26 Å². The lowest BCUT2D eigenvalue weighted by Gasteiger charge is -2.18. The third kappa shape index (κ3) is 6.85. The van der Waals surface area contributed by atoms with Crippen LogP contribution in [0, 0.1) is 0 Å². The summed E-state index contributed by atoms with van der Waals surface area (Å²) in [5.41, 5.74) is 10.7. The van der Waals surface area contributed by atoms with Gasteiger partial charge in [0.1, 0.15) is 12.1 Å². The van der Waals surface area contributed by atoms with Gasteiger partial charge in [-0.25, -0.2) is 9.59 Å². The van der Waals surface area contributed by atoms with Crippen molar-refractivity contribution in [2.24, 2.45) is 11.5 Å². The summed E-state index contributed by atoms with van der Waals surface area (Å²) in [6.07, 6.45) is 1.68. The van der Waals surface area contributed by atoms with Gasteiger partial charge in [0.05, 0.1) is 19.1 Å². The summed E-state index contributed by atoms with van der Waals surface area (Å²) in [5, 5.41) is 26.4. The fraction of sp³-hybridized carbons (Fsp3) is 0.615. The number of carboxylic acid groups (broad SMARTS) is 1. The number of nitrogens with zero attached hydrogens (tertiary/aromatic N) is 2. The van der Waals surface area contributed by atoms with Crippen molar-refractivity contribution >= 4 is 29.7 Å². The molecule has 0 aliphatic heterocycles. The Morgan fingerprint density at radius 1 is 1.35 bits per heavy atom. The highest BCUT2D eigenvalue weighted by molar-refractivity contribution is 7.98. The Balaban J connectivity index is 2.83. The molecule has 12 nitrogen and oxygen atoms in total. The predicted octanol–water partition coefficient (Wildman–Crippen LogP) is -1.52. The van der Waals surface area contributed by atoms with Gasteiger partial charge in [-0.15, -0.1) is 0 Å². The molecular formula is C13H22N6O6S. The van der Waals surface area contributed by atoms with Gasteiger partial charge in [0.25, 0.3) is 0 Å². The Kier molecular flexibility index (Phi) is 8.81. The fourth-order valence-electron chi connectivity index (χ4n) is 1.87. The number of hydrogen-bond acceptors (Lipinski definition) is 9. The van der Waals surface area contributed by atoms with E-state index >= 15 is 0 Å². The van der Waals surface area contributed by atoms with Crippen molar-refractivity contribution < 1.29 is 29.1 Å². The molecule has 1 rings (SSSR count). The first-order valence-electron chi connectivity index (χ1n) is 7.55. The number of aliphatic hydroxyl groups excluding tert-OH is 1. The number of primary amides is 1. The zero-order valence-electron chi connectivity index (χ0n) is 14.0. The van der Waals surface area contributed by atoms with Crippen molar-refractivity contribution in [3.63, 3.8) is 0 Å². The molecule has 26 heavy (non-hydrogen) atoms. The molecule has 0 fully saturated rings. The Morgan fingerprint density at radius 3 is 2.58 bits per heavy atom. The zero-order chi connectivity index (χ0) is 19.7. The Morgan fingerprint density at radius 2 is 2.04 bits per heavy atom. The molecule has 0 saturated carbocycles. The molecule has 0 aliphatic carbocycles. The van der Waals surface area contributed by atoms with E-state index < -0.39 is 42.6 Å². The van der Waals surface area contributed by atoms with Crippen LogP contribution in [0.25, 0.3) is 0 Å². The number of carbonyl (C=O) groups excluding carboxylic acids is 2. The van der Waals surface area contributed by atoms with Crippen LogP contribution in [0.1, 0.15) is 36.6 Å². The molecule has 0 aromatic carbocycles. The minimum Gasteiger partial charge on any atom is -0.480 e. The number of thioether (sulfide) groups is 1. The first kappa shape index (κ1) is 21.7. The SMILES string of the molecule is CSCC[C@H](NC(=O)N[C@@H](CC(N)=O)c1nc([C@H](N)CO)no1)C(=O)O. The molecule has 0 radical (unpaired) electrons. The average molecular weight is 390 g/mol.